The Balaban J connectivity index is 1.67. The van der Waals surface area contributed by atoms with Gasteiger partial charge in [-0.1, -0.05) is 59.6 Å². The molecule has 1 saturated heterocycles. The summed E-state index contributed by atoms with van der Waals surface area (Å²) in [5.41, 5.74) is 1.13. The fourth-order valence-corrected chi connectivity index (χ4v) is 4.22. The smallest absolute Gasteiger partial charge is 0.295 e. The molecule has 26 heavy (non-hydrogen) atoms. The molecule has 4 rings (SSSR count). The molecule has 3 aromatic carbocycles. The molecular formula is C19H12Cl2N2O2S. The van der Waals surface area contributed by atoms with Crippen molar-refractivity contribution < 1.29 is 9.59 Å². The van der Waals surface area contributed by atoms with E-state index < -0.39 is 5.37 Å². The van der Waals surface area contributed by atoms with Crippen molar-refractivity contribution in [2.75, 3.05) is 10.2 Å². The Hall–Kier alpha value is -2.21. The van der Waals surface area contributed by atoms with Crippen molar-refractivity contribution in [1.82, 2.24) is 0 Å². The molecular weight excluding hydrogens is 391 g/mol. The molecule has 3 aromatic rings. The fourth-order valence-electron chi connectivity index (χ4n) is 2.87. The molecule has 7 heteroatoms. The molecule has 1 unspecified atom stereocenters. The third-order valence-corrected chi connectivity index (χ3v) is 5.56. The molecule has 0 spiro atoms. The minimum absolute atomic E-state index is 0.325. The number of hydrogen-bond acceptors (Lipinski definition) is 4. The van der Waals surface area contributed by atoms with Crippen LogP contribution in [0.25, 0.3) is 10.8 Å². The fraction of sp³-hybridized carbons (Fsp3) is 0.0526. The molecule has 1 heterocycles. The molecule has 0 radical (unpaired) electrons. The predicted molar refractivity (Wildman–Crippen MR) is 108 cm³/mol. The first-order valence-electron chi connectivity index (χ1n) is 7.78. The van der Waals surface area contributed by atoms with E-state index in [2.05, 4.69) is 5.32 Å². The lowest BCUT2D eigenvalue weighted by Gasteiger charge is -2.17. The lowest BCUT2D eigenvalue weighted by atomic mass is 10.1. The molecule has 1 aliphatic heterocycles. The summed E-state index contributed by atoms with van der Waals surface area (Å²) in [6.07, 6.45) is 0. The van der Waals surface area contributed by atoms with Gasteiger partial charge in [0.1, 0.15) is 0 Å². The van der Waals surface area contributed by atoms with Crippen LogP contribution in [0.1, 0.15) is 0 Å². The molecule has 0 aromatic heterocycles. The SMILES string of the molecule is O=C1SC(Nc2ccc(Cl)cc2Cl)C(=O)N1c1cccc2ccccc12. The standard InChI is InChI=1S/C19H12Cl2N2O2S/c20-12-8-9-15(14(21)10-12)22-17-18(24)23(19(25)26-17)16-7-3-5-11-4-1-2-6-13(11)16/h1-10,17,22H. The Kier molecular flexibility index (Phi) is 4.53. The van der Waals surface area contributed by atoms with Gasteiger partial charge in [0, 0.05) is 10.4 Å². The minimum atomic E-state index is -0.750. The molecule has 130 valence electrons. The number of rotatable bonds is 3. The maximum atomic E-state index is 12.9. The van der Waals surface area contributed by atoms with E-state index in [1.807, 2.05) is 36.4 Å². The largest absolute Gasteiger partial charge is 0.364 e. The Labute approximate surface area is 164 Å². The van der Waals surface area contributed by atoms with E-state index in [0.29, 0.717) is 21.4 Å². The van der Waals surface area contributed by atoms with Crippen LogP contribution in [0.4, 0.5) is 16.2 Å². The second-order valence-electron chi connectivity index (χ2n) is 5.70. The topological polar surface area (TPSA) is 49.4 Å². The van der Waals surface area contributed by atoms with Crippen molar-refractivity contribution in [2.24, 2.45) is 0 Å². The number of anilines is 2. The first-order chi connectivity index (χ1) is 12.5. The Bertz CT molecular complexity index is 1040. The highest BCUT2D eigenvalue weighted by Crippen LogP contribution is 2.37. The Morgan fingerprint density at radius 2 is 1.73 bits per heavy atom. The molecule has 1 fully saturated rings. The molecule has 2 amide bonds. The van der Waals surface area contributed by atoms with E-state index in [1.54, 1.807) is 24.3 Å². The van der Waals surface area contributed by atoms with E-state index in [0.717, 1.165) is 22.5 Å². The number of amides is 2. The summed E-state index contributed by atoms with van der Waals surface area (Å²) in [6.45, 7) is 0. The minimum Gasteiger partial charge on any atom is -0.364 e. The lowest BCUT2D eigenvalue weighted by Crippen LogP contribution is -2.34. The van der Waals surface area contributed by atoms with E-state index in [1.165, 1.54) is 4.90 Å². The number of halogens is 2. The quantitative estimate of drug-likeness (QED) is 0.602. The number of imide groups is 1. The summed E-state index contributed by atoms with van der Waals surface area (Å²) in [5.74, 6) is -0.331. The van der Waals surface area contributed by atoms with E-state index >= 15 is 0 Å². The summed E-state index contributed by atoms with van der Waals surface area (Å²) in [6, 6.07) is 18.1. The third kappa shape index (κ3) is 3.03. The van der Waals surface area contributed by atoms with Crippen molar-refractivity contribution in [3.63, 3.8) is 0 Å². The van der Waals surface area contributed by atoms with Gasteiger partial charge in [0.15, 0.2) is 5.37 Å². The second kappa shape index (κ2) is 6.83. The van der Waals surface area contributed by atoms with Crippen LogP contribution in [0.5, 0.6) is 0 Å². The van der Waals surface area contributed by atoms with Crippen molar-refractivity contribution >= 4 is 68.3 Å². The highest BCUT2D eigenvalue weighted by atomic mass is 35.5. The number of nitrogens with zero attached hydrogens (tertiary/aromatic N) is 1. The first-order valence-corrected chi connectivity index (χ1v) is 9.42. The van der Waals surface area contributed by atoms with E-state index in [4.69, 9.17) is 23.2 Å². The maximum Gasteiger partial charge on any atom is 0.295 e. The number of carbonyl (C=O) groups is 2. The van der Waals surface area contributed by atoms with Crippen LogP contribution < -0.4 is 10.2 Å². The van der Waals surface area contributed by atoms with Gasteiger partial charge in [-0.25, -0.2) is 4.90 Å². The van der Waals surface area contributed by atoms with E-state index in [-0.39, 0.29) is 11.1 Å². The molecule has 0 aliphatic carbocycles. The van der Waals surface area contributed by atoms with E-state index in [9.17, 15) is 9.59 Å². The summed E-state index contributed by atoms with van der Waals surface area (Å²) in [7, 11) is 0. The Morgan fingerprint density at radius 1 is 0.962 bits per heavy atom. The summed E-state index contributed by atoms with van der Waals surface area (Å²) >= 11 is 13.0. The number of benzene rings is 3. The number of carbonyl (C=O) groups excluding carboxylic acids is 2. The summed E-state index contributed by atoms with van der Waals surface area (Å²) in [4.78, 5) is 26.7. The molecule has 4 nitrogen and oxygen atoms in total. The van der Waals surface area contributed by atoms with Crippen LogP contribution in [-0.2, 0) is 4.79 Å². The number of nitrogens with one attached hydrogen (secondary N) is 1. The first kappa shape index (κ1) is 17.2. The van der Waals surface area contributed by atoms with Gasteiger partial charge in [-0.05, 0) is 41.4 Å². The van der Waals surface area contributed by atoms with Gasteiger partial charge in [-0.15, -0.1) is 0 Å². The monoisotopic (exact) mass is 402 g/mol. The summed E-state index contributed by atoms with van der Waals surface area (Å²) in [5, 5.41) is 4.65. The van der Waals surface area contributed by atoms with Gasteiger partial charge in [-0.3, -0.25) is 9.59 Å². The van der Waals surface area contributed by atoms with Gasteiger partial charge in [0.2, 0.25) is 0 Å². The van der Waals surface area contributed by atoms with Crippen molar-refractivity contribution in [3.8, 4) is 0 Å². The van der Waals surface area contributed by atoms with Crippen LogP contribution in [0.3, 0.4) is 0 Å². The normalized spacial score (nSPS) is 17.2. The van der Waals surface area contributed by atoms with Crippen molar-refractivity contribution in [2.45, 2.75) is 5.37 Å². The second-order valence-corrected chi connectivity index (χ2v) is 7.60. The average molecular weight is 403 g/mol. The highest BCUT2D eigenvalue weighted by Gasteiger charge is 2.41. The van der Waals surface area contributed by atoms with Crippen molar-refractivity contribution in [3.05, 3.63) is 70.7 Å². The highest BCUT2D eigenvalue weighted by molar-refractivity contribution is 8.16. The van der Waals surface area contributed by atoms with Crippen molar-refractivity contribution in [1.29, 1.82) is 0 Å². The lowest BCUT2D eigenvalue weighted by molar-refractivity contribution is -0.116. The van der Waals surface area contributed by atoms with Gasteiger partial charge >= 0.3 is 0 Å². The van der Waals surface area contributed by atoms with Crippen LogP contribution in [0.15, 0.2) is 60.7 Å². The van der Waals surface area contributed by atoms with Crippen LogP contribution in [0, 0.1) is 0 Å². The number of fused-ring (bicyclic) bond motifs is 1. The number of thioether (sulfide) groups is 1. The third-order valence-electron chi connectivity index (χ3n) is 4.07. The summed E-state index contributed by atoms with van der Waals surface area (Å²) < 4.78 is 0. The molecule has 0 saturated carbocycles. The van der Waals surface area contributed by atoms with Gasteiger partial charge < -0.3 is 5.32 Å². The van der Waals surface area contributed by atoms with Crippen LogP contribution in [0.2, 0.25) is 10.0 Å². The van der Waals surface area contributed by atoms with Gasteiger partial charge in [0.25, 0.3) is 11.1 Å². The van der Waals surface area contributed by atoms with Crippen LogP contribution >= 0.6 is 35.0 Å². The van der Waals surface area contributed by atoms with Crippen LogP contribution in [-0.4, -0.2) is 16.5 Å². The zero-order chi connectivity index (χ0) is 18.3. The zero-order valence-corrected chi connectivity index (χ0v) is 15.6. The predicted octanol–water partition coefficient (Wildman–Crippen LogP) is 5.78. The van der Waals surface area contributed by atoms with Gasteiger partial charge in [0.05, 0.1) is 16.4 Å². The molecule has 1 aliphatic rings. The molecule has 0 bridgehead atoms. The maximum absolute atomic E-state index is 12.9. The molecule has 1 atom stereocenters. The molecule has 1 N–H and O–H groups in total. The zero-order valence-electron chi connectivity index (χ0n) is 13.3. The number of hydrogen-bond donors (Lipinski definition) is 1. The average Bonchev–Trinajstić information content (AvgIpc) is 2.90. The Morgan fingerprint density at radius 3 is 2.54 bits per heavy atom. The van der Waals surface area contributed by atoms with Gasteiger partial charge in [-0.2, -0.15) is 0 Å².